The minimum Gasteiger partial charge on any atom is -0.394 e. The first-order chi connectivity index (χ1) is 5.90. The van der Waals surface area contributed by atoms with Crippen LogP contribution in [-0.4, -0.2) is 62.8 Å². The van der Waals surface area contributed by atoms with Gasteiger partial charge >= 0.3 is 0 Å². The van der Waals surface area contributed by atoms with E-state index in [1.165, 1.54) is 0 Å². The van der Waals surface area contributed by atoms with Gasteiger partial charge < -0.3 is 25.5 Å². The molecular weight excluding hydrogens is 168 g/mol. The van der Waals surface area contributed by atoms with Gasteiger partial charge in [-0.25, -0.2) is 0 Å². The number of aliphatic hydroxyl groups is 5. The summed E-state index contributed by atoms with van der Waals surface area (Å²) in [5.41, 5.74) is -2.79. The first-order valence-corrected chi connectivity index (χ1v) is 3.16. The van der Waals surface area contributed by atoms with Crippen LogP contribution in [0.15, 0.2) is 0 Å². The summed E-state index contributed by atoms with van der Waals surface area (Å²) in [6.45, 7) is -3.19. The topological polar surface area (TPSA) is 118 Å². The molecule has 0 rings (SSSR count). The molecule has 5 N–H and O–H groups in total. The third kappa shape index (κ3) is 2.23. The molecule has 0 aliphatic rings. The van der Waals surface area contributed by atoms with Crippen molar-refractivity contribution in [3.8, 4) is 0 Å². The Balaban J connectivity index is 4.65. The van der Waals surface area contributed by atoms with Gasteiger partial charge in [-0.2, -0.15) is 0 Å². The van der Waals surface area contributed by atoms with Crippen molar-refractivity contribution in [2.24, 2.45) is 0 Å². The standard InChI is InChI=1S/C6H12O6/c7-1-4(10)5(11)6(12,2-8)3-9/h2,4-5,7,9-12H,1,3H2/t4-,5-,6+/m1/s1/i3D/t3?,4-,5-,6+. The van der Waals surface area contributed by atoms with E-state index in [4.69, 9.17) is 26.9 Å². The Morgan fingerprint density at radius 2 is 2.00 bits per heavy atom. The van der Waals surface area contributed by atoms with E-state index >= 15 is 0 Å². The van der Waals surface area contributed by atoms with Crippen molar-refractivity contribution in [2.75, 3.05) is 13.2 Å². The molecule has 0 saturated heterocycles. The minimum atomic E-state index is -2.79. The molecule has 6 nitrogen and oxygen atoms in total. The summed E-state index contributed by atoms with van der Waals surface area (Å²) in [5, 5.41) is 44.0. The Hall–Kier alpha value is -0.530. The van der Waals surface area contributed by atoms with Gasteiger partial charge in [0.25, 0.3) is 0 Å². The van der Waals surface area contributed by atoms with E-state index in [0.717, 1.165) is 0 Å². The van der Waals surface area contributed by atoms with Crippen molar-refractivity contribution in [1.29, 1.82) is 0 Å². The number of carbonyl (C=O) groups excluding carboxylic acids is 1. The van der Waals surface area contributed by atoms with Gasteiger partial charge in [0, 0.05) is 0 Å². The molecule has 0 heterocycles. The fourth-order valence-electron chi connectivity index (χ4n) is 0.585. The molecule has 1 unspecified atom stereocenters. The fourth-order valence-corrected chi connectivity index (χ4v) is 0.585. The molecule has 0 aromatic rings. The largest absolute Gasteiger partial charge is 0.394 e. The van der Waals surface area contributed by atoms with Crippen molar-refractivity contribution in [2.45, 2.75) is 17.8 Å². The van der Waals surface area contributed by atoms with Crippen LogP contribution in [0.2, 0.25) is 0 Å². The quantitative estimate of drug-likeness (QED) is 0.282. The van der Waals surface area contributed by atoms with Gasteiger partial charge in [0.05, 0.1) is 14.6 Å². The maximum Gasteiger partial charge on any atom is 0.171 e. The Kier molecular flexibility index (Phi) is 3.57. The highest BCUT2D eigenvalue weighted by molar-refractivity contribution is 5.63. The van der Waals surface area contributed by atoms with Crippen molar-refractivity contribution in [3.63, 3.8) is 0 Å². The lowest BCUT2D eigenvalue weighted by Gasteiger charge is -2.27. The first-order valence-electron chi connectivity index (χ1n) is 3.74. The Bertz CT molecular complexity index is 175. The summed E-state index contributed by atoms with van der Waals surface area (Å²) >= 11 is 0. The molecule has 0 fully saturated rings. The van der Waals surface area contributed by atoms with Crippen LogP contribution in [0.1, 0.15) is 1.37 Å². The lowest BCUT2D eigenvalue weighted by atomic mass is 9.95. The highest BCUT2D eigenvalue weighted by Gasteiger charge is 2.39. The van der Waals surface area contributed by atoms with Gasteiger partial charge in [-0.15, -0.1) is 0 Å². The predicted molar refractivity (Wildman–Crippen MR) is 37.2 cm³/mol. The molecule has 0 radical (unpaired) electrons. The molecule has 0 aromatic heterocycles. The Morgan fingerprint density at radius 1 is 1.50 bits per heavy atom. The van der Waals surface area contributed by atoms with E-state index in [1.807, 2.05) is 0 Å². The summed E-state index contributed by atoms with van der Waals surface area (Å²) in [4.78, 5) is 10.2. The van der Waals surface area contributed by atoms with Crippen molar-refractivity contribution in [3.05, 3.63) is 0 Å². The second-order valence-corrected chi connectivity index (χ2v) is 2.33. The van der Waals surface area contributed by atoms with E-state index < -0.39 is 31.0 Å². The molecule has 0 bridgehead atoms. The van der Waals surface area contributed by atoms with Crippen LogP contribution in [0, 0.1) is 0 Å². The number of hydrogen-bond donors (Lipinski definition) is 5. The van der Waals surface area contributed by atoms with Crippen LogP contribution in [0.3, 0.4) is 0 Å². The summed E-state index contributed by atoms with van der Waals surface area (Å²) in [5.74, 6) is 0. The molecule has 0 saturated carbocycles. The third-order valence-corrected chi connectivity index (χ3v) is 1.42. The second kappa shape index (κ2) is 4.48. The zero-order chi connectivity index (χ0) is 10.6. The van der Waals surface area contributed by atoms with Crippen LogP contribution in [-0.2, 0) is 4.79 Å². The average molecular weight is 181 g/mol. The fraction of sp³-hybridized carbons (Fsp3) is 0.833. The molecule has 0 aliphatic heterocycles. The van der Waals surface area contributed by atoms with Crippen molar-refractivity contribution < 1.29 is 31.7 Å². The van der Waals surface area contributed by atoms with E-state index in [-0.39, 0.29) is 6.29 Å². The highest BCUT2D eigenvalue weighted by atomic mass is 16.4. The third-order valence-electron chi connectivity index (χ3n) is 1.42. The molecular formula is C6H12O6. The zero-order valence-corrected chi connectivity index (χ0v) is 6.16. The molecule has 72 valence electrons. The Morgan fingerprint density at radius 3 is 2.25 bits per heavy atom. The molecule has 4 atom stereocenters. The molecule has 0 aliphatic carbocycles. The van der Waals surface area contributed by atoms with Crippen molar-refractivity contribution >= 4 is 6.29 Å². The van der Waals surface area contributed by atoms with Gasteiger partial charge in [-0.1, -0.05) is 0 Å². The van der Waals surface area contributed by atoms with Gasteiger partial charge in [-0.05, 0) is 0 Å². The second-order valence-electron chi connectivity index (χ2n) is 2.33. The number of hydrogen-bond acceptors (Lipinski definition) is 6. The molecule has 12 heavy (non-hydrogen) atoms. The maximum atomic E-state index is 10.2. The predicted octanol–water partition coefficient (Wildman–Crippen LogP) is -3.38. The lowest BCUT2D eigenvalue weighted by Crippen LogP contribution is -2.54. The van der Waals surface area contributed by atoms with Crippen LogP contribution < -0.4 is 0 Å². The van der Waals surface area contributed by atoms with Gasteiger partial charge in [-0.3, -0.25) is 4.79 Å². The summed E-state index contributed by atoms with van der Waals surface area (Å²) in [7, 11) is 0. The smallest absolute Gasteiger partial charge is 0.171 e. The summed E-state index contributed by atoms with van der Waals surface area (Å²) < 4.78 is 6.65. The number of rotatable bonds is 5. The normalized spacial score (nSPS) is 24.9. The van der Waals surface area contributed by atoms with E-state index in [2.05, 4.69) is 0 Å². The van der Waals surface area contributed by atoms with E-state index in [9.17, 15) is 4.79 Å². The van der Waals surface area contributed by atoms with Crippen LogP contribution in [0.25, 0.3) is 0 Å². The van der Waals surface area contributed by atoms with Crippen LogP contribution >= 0.6 is 0 Å². The monoisotopic (exact) mass is 181 g/mol. The maximum absolute atomic E-state index is 10.2. The number of carbonyl (C=O) groups is 1. The zero-order valence-electron chi connectivity index (χ0n) is 7.16. The Labute approximate surface area is 70.1 Å². The molecule has 0 spiro atoms. The van der Waals surface area contributed by atoms with E-state index in [1.54, 1.807) is 0 Å². The van der Waals surface area contributed by atoms with Crippen molar-refractivity contribution in [1.82, 2.24) is 0 Å². The SMILES string of the molecule is [2H]C(O)[C@@](O)(C=O)[C@H](O)[C@H](O)CO. The average Bonchev–Trinajstić information content (AvgIpc) is 2.13. The minimum absolute atomic E-state index is 0.256. The van der Waals surface area contributed by atoms with Crippen LogP contribution in [0.4, 0.5) is 0 Å². The highest BCUT2D eigenvalue weighted by Crippen LogP contribution is 2.10. The lowest BCUT2D eigenvalue weighted by molar-refractivity contribution is -0.162. The molecule has 6 heteroatoms. The van der Waals surface area contributed by atoms with Gasteiger partial charge in [0.15, 0.2) is 11.9 Å². The molecule has 0 amide bonds. The number of aliphatic hydroxyl groups excluding tert-OH is 4. The first kappa shape index (κ1) is 9.56. The molecule has 0 aromatic carbocycles. The van der Waals surface area contributed by atoms with Gasteiger partial charge in [0.2, 0.25) is 0 Å². The summed E-state index contributed by atoms with van der Waals surface area (Å²) in [6.07, 6.45) is -4.16. The number of aldehydes is 1. The van der Waals surface area contributed by atoms with E-state index in [0.29, 0.717) is 0 Å². The summed E-state index contributed by atoms with van der Waals surface area (Å²) in [6, 6.07) is 0. The van der Waals surface area contributed by atoms with Crippen LogP contribution in [0.5, 0.6) is 0 Å². The van der Waals surface area contributed by atoms with Gasteiger partial charge in [0.1, 0.15) is 12.2 Å².